The van der Waals surface area contributed by atoms with E-state index in [1.807, 2.05) is 19.9 Å². The number of hydrogen-bond acceptors (Lipinski definition) is 2. The zero-order valence-electron chi connectivity index (χ0n) is 8.21. The van der Waals surface area contributed by atoms with Crippen LogP contribution < -0.4 is 5.73 Å². The minimum Gasteiger partial charge on any atom is -0.369 e. The first-order valence-corrected chi connectivity index (χ1v) is 4.75. The highest BCUT2D eigenvalue weighted by atomic mass is 16.1. The maximum absolute atomic E-state index is 11.1. The van der Waals surface area contributed by atoms with Crippen molar-refractivity contribution in [3.63, 3.8) is 0 Å². The molecule has 1 aliphatic rings. The molecule has 0 spiro atoms. The maximum Gasteiger partial charge on any atom is 0.235 e. The first-order chi connectivity index (χ1) is 6.06. The first-order valence-electron chi connectivity index (χ1n) is 4.75. The minimum atomic E-state index is -0.620. The highest BCUT2D eigenvalue weighted by molar-refractivity contribution is 5.80. The van der Waals surface area contributed by atoms with Gasteiger partial charge < -0.3 is 5.73 Å². The van der Waals surface area contributed by atoms with Gasteiger partial charge in [0.1, 0.15) is 5.92 Å². The zero-order valence-corrected chi connectivity index (χ0v) is 8.21. The van der Waals surface area contributed by atoms with Crippen LogP contribution >= 0.6 is 0 Å². The van der Waals surface area contributed by atoms with E-state index in [9.17, 15) is 4.79 Å². The summed E-state index contributed by atoms with van der Waals surface area (Å²) in [5, 5.41) is 8.89. The van der Waals surface area contributed by atoms with Crippen molar-refractivity contribution in [3.05, 3.63) is 0 Å². The standard InChI is InChI=1S/C10H16N2O/c1-3-10(2,7-4-5-7)8(6-11)9(12)13/h7-8H,3-5H2,1-2H3,(H2,12,13). The second-order valence-corrected chi connectivity index (χ2v) is 4.10. The van der Waals surface area contributed by atoms with E-state index in [2.05, 4.69) is 0 Å². The molecule has 3 heteroatoms. The molecule has 13 heavy (non-hydrogen) atoms. The fraction of sp³-hybridized carbons (Fsp3) is 0.800. The van der Waals surface area contributed by atoms with Crippen molar-refractivity contribution in [2.75, 3.05) is 0 Å². The number of primary amides is 1. The first kappa shape index (κ1) is 10.0. The van der Waals surface area contributed by atoms with Crippen LogP contribution in [-0.4, -0.2) is 5.91 Å². The fourth-order valence-corrected chi connectivity index (χ4v) is 2.01. The van der Waals surface area contributed by atoms with Gasteiger partial charge in [-0.25, -0.2) is 0 Å². The summed E-state index contributed by atoms with van der Waals surface area (Å²) in [4.78, 5) is 11.1. The lowest BCUT2D eigenvalue weighted by Crippen LogP contribution is -2.37. The molecule has 1 fully saturated rings. The molecule has 1 amide bonds. The highest BCUT2D eigenvalue weighted by Crippen LogP contribution is 2.51. The van der Waals surface area contributed by atoms with Gasteiger partial charge >= 0.3 is 0 Å². The van der Waals surface area contributed by atoms with Gasteiger partial charge in [0.25, 0.3) is 0 Å². The van der Waals surface area contributed by atoms with Gasteiger partial charge in [-0.2, -0.15) is 5.26 Å². The molecule has 1 rings (SSSR count). The third-order valence-electron chi connectivity index (χ3n) is 3.34. The molecule has 2 unspecified atom stereocenters. The molecule has 0 saturated heterocycles. The Morgan fingerprint density at radius 1 is 1.77 bits per heavy atom. The molecule has 0 aromatic carbocycles. The summed E-state index contributed by atoms with van der Waals surface area (Å²) in [6, 6.07) is 2.04. The maximum atomic E-state index is 11.1. The molecular formula is C10H16N2O. The number of carbonyl (C=O) groups is 1. The molecule has 0 heterocycles. The van der Waals surface area contributed by atoms with Crippen LogP contribution in [0, 0.1) is 28.6 Å². The predicted octanol–water partition coefficient (Wildman–Crippen LogP) is 1.44. The van der Waals surface area contributed by atoms with Crippen LogP contribution in [-0.2, 0) is 4.79 Å². The number of rotatable bonds is 4. The molecule has 1 saturated carbocycles. The summed E-state index contributed by atoms with van der Waals surface area (Å²) in [5.41, 5.74) is 5.02. The van der Waals surface area contributed by atoms with E-state index in [0.29, 0.717) is 5.92 Å². The Kier molecular flexibility index (Phi) is 2.60. The van der Waals surface area contributed by atoms with Crippen LogP contribution in [0.15, 0.2) is 0 Å². The van der Waals surface area contributed by atoms with E-state index in [1.165, 1.54) is 0 Å². The lowest BCUT2D eigenvalue weighted by molar-refractivity contribution is -0.123. The Hall–Kier alpha value is -1.04. The van der Waals surface area contributed by atoms with Crippen molar-refractivity contribution >= 4 is 5.91 Å². The van der Waals surface area contributed by atoms with Gasteiger partial charge in [-0.1, -0.05) is 13.8 Å². The van der Waals surface area contributed by atoms with Crippen molar-refractivity contribution in [1.29, 1.82) is 5.26 Å². The molecule has 0 aromatic rings. The van der Waals surface area contributed by atoms with Gasteiger partial charge in [0.05, 0.1) is 6.07 Å². The summed E-state index contributed by atoms with van der Waals surface area (Å²) < 4.78 is 0. The monoisotopic (exact) mass is 180 g/mol. The topological polar surface area (TPSA) is 66.9 Å². The SMILES string of the molecule is CCC(C)(C1CC1)C(C#N)C(N)=O. The third-order valence-corrected chi connectivity index (χ3v) is 3.34. The second kappa shape index (κ2) is 3.37. The third kappa shape index (κ3) is 1.67. The fourth-order valence-electron chi connectivity index (χ4n) is 2.01. The average Bonchev–Trinajstić information content (AvgIpc) is 2.86. The molecule has 2 N–H and O–H groups in total. The van der Waals surface area contributed by atoms with Crippen molar-refractivity contribution in [3.8, 4) is 6.07 Å². The Bertz CT molecular complexity index is 252. The van der Waals surface area contributed by atoms with E-state index in [1.54, 1.807) is 0 Å². The molecule has 0 radical (unpaired) electrons. The largest absolute Gasteiger partial charge is 0.369 e. The van der Waals surface area contributed by atoms with Gasteiger partial charge in [0.2, 0.25) is 5.91 Å². The Labute approximate surface area is 78.9 Å². The Morgan fingerprint density at radius 3 is 2.54 bits per heavy atom. The van der Waals surface area contributed by atoms with Crippen LogP contribution in [0.3, 0.4) is 0 Å². The van der Waals surface area contributed by atoms with Crippen LogP contribution in [0.5, 0.6) is 0 Å². The lowest BCUT2D eigenvalue weighted by Gasteiger charge is -2.31. The van der Waals surface area contributed by atoms with Crippen LogP contribution in [0.2, 0.25) is 0 Å². The molecule has 72 valence electrons. The summed E-state index contributed by atoms with van der Waals surface area (Å²) in [6.45, 7) is 4.02. The summed E-state index contributed by atoms with van der Waals surface area (Å²) in [7, 11) is 0. The van der Waals surface area contributed by atoms with E-state index in [0.717, 1.165) is 19.3 Å². The van der Waals surface area contributed by atoms with Gasteiger partial charge in [-0.05, 0) is 30.6 Å². The quantitative estimate of drug-likeness (QED) is 0.711. The van der Waals surface area contributed by atoms with Crippen molar-refractivity contribution in [1.82, 2.24) is 0 Å². The van der Waals surface area contributed by atoms with E-state index in [-0.39, 0.29) is 5.41 Å². The van der Waals surface area contributed by atoms with Gasteiger partial charge in [-0.3, -0.25) is 4.79 Å². The molecule has 0 aromatic heterocycles. The summed E-state index contributed by atoms with van der Waals surface area (Å²) in [6.07, 6.45) is 3.12. The molecule has 0 aliphatic heterocycles. The van der Waals surface area contributed by atoms with Gasteiger partial charge in [-0.15, -0.1) is 0 Å². The van der Waals surface area contributed by atoms with Gasteiger partial charge in [0.15, 0.2) is 0 Å². The summed E-state index contributed by atoms with van der Waals surface area (Å²) in [5.74, 6) is -0.571. The van der Waals surface area contributed by atoms with E-state index >= 15 is 0 Å². The van der Waals surface area contributed by atoms with Crippen molar-refractivity contribution in [2.45, 2.75) is 33.1 Å². The van der Waals surface area contributed by atoms with Crippen LogP contribution in [0.25, 0.3) is 0 Å². The normalized spacial score (nSPS) is 22.8. The van der Waals surface area contributed by atoms with Crippen LogP contribution in [0.1, 0.15) is 33.1 Å². The molecule has 3 nitrogen and oxygen atoms in total. The number of nitrogens with two attached hydrogens (primary N) is 1. The number of carbonyl (C=O) groups excluding carboxylic acids is 1. The Balaban J connectivity index is 2.85. The van der Waals surface area contributed by atoms with Gasteiger partial charge in [0, 0.05) is 0 Å². The number of hydrogen-bond donors (Lipinski definition) is 1. The lowest BCUT2D eigenvalue weighted by atomic mass is 9.71. The predicted molar refractivity (Wildman–Crippen MR) is 49.4 cm³/mol. The second-order valence-electron chi connectivity index (χ2n) is 4.10. The molecule has 2 atom stereocenters. The van der Waals surface area contributed by atoms with E-state index < -0.39 is 11.8 Å². The molecule has 1 aliphatic carbocycles. The highest BCUT2D eigenvalue weighted by Gasteiger charge is 2.47. The molecule has 0 bridgehead atoms. The smallest absolute Gasteiger partial charge is 0.235 e. The number of nitriles is 1. The average molecular weight is 180 g/mol. The summed E-state index contributed by atoms with van der Waals surface area (Å²) >= 11 is 0. The number of amides is 1. The zero-order chi connectivity index (χ0) is 10.1. The number of nitrogens with zero attached hydrogens (tertiary/aromatic N) is 1. The van der Waals surface area contributed by atoms with Crippen molar-refractivity contribution in [2.24, 2.45) is 23.0 Å². The minimum absolute atomic E-state index is 0.194. The molecular weight excluding hydrogens is 164 g/mol. The van der Waals surface area contributed by atoms with Crippen LogP contribution in [0.4, 0.5) is 0 Å². The van der Waals surface area contributed by atoms with Crippen molar-refractivity contribution < 1.29 is 4.79 Å². The van der Waals surface area contributed by atoms with E-state index in [4.69, 9.17) is 11.0 Å². The Morgan fingerprint density at radius 2 is 2.31 bits per heavy atom.